The second kappa shape index (κ2) is 16.9. The molecule has 0 radical (unpaired) electrons. The van der Waals surface area contributed by atoms with Crippen molar-refractivity contribution < 1.29 is 27.4 Å². The predicted molar refractivity (Wildman–Crippen MR) is 233 cm³/mol. The molecule has 0 bridgehead atoms. The van der Waals surface area contributed by atoms with Crippen molar-refractivity contribution in [1.82, 2.24) is 24.8 Å². The van der Waals surface area contributed by atoms with Crippen LogP contribution in [0.15, 0.2) is 55.0 Å². The van der Waals surface area contributed by atoms with E-state index in [9.17, 15) is 4.39 Å². The highest BCUT2D eigenvalue weighted by Crippen LogP contribution is 2.44. The Morgan fingerprint density at radius 3 is 2.43 bits per heavy atom. The number of alkyl halides is 1. The van der Waals surface area contributed by atoms with E-state index in [0.717, 1.165) is 37.8 Å². The van der Waals surface area contributed by atoms with Crippen molar-refractivity contribution in [3.8, 4) is 34.5 Å². The van der Waals surface area contributed by atoms with Crippen LogP contribution in [0.5, 0.6) is 11.8 Å². The van der Waals surface area contributed by atoms with Gasteiger partial charge in [-0.05, 0) is 90.1 Å². The number of pyridine rings is 2. The van der Waals surface area contributed by atoms with Crippen LogP contribution in [-0.4, -0.2) is 90.8 Å². The molecule has 0 N–H and O–H groups in total. The van der Waals surface area contributed by atoms with E-state index in [-0.39, 0.29) is 42.2 Å². The molecular formula is C47H55F3N6O3Si. The molecule has 3 atom stereocenters. The van der Waals surface area contributed by atoms with Gasteiger partial charge in [-0.2, -0.15) is 4.98 Å². The second-order valence-corrected chi connectivity index (χ2v) is 23.3. The average Bonchev–Trinajstić information content (AvgIpc) is 3.75. The van der Waals surface area contributed by atoms with E-state index in [0.29, 0.717) is 69.4 Å². The first kappa shape index (κ1) is 41.9. The molecule has 0 spiro atoms. The number of fused-ring (bicyclic) bond motifs is 3. The molecule has 8 rings (SSSR count). The highest BCUT2D eigenvalue weighted by atomic mass is 28.3. The van der Waals surface area contributed by atoms with Crippen LogP contribution in [-0.2, 0) is 11.2 Å². The van der Waals surface area contributed by atoms with E-state index >= 15 is 8.78 Å². The van der Waals surface area contributed by atoms with Gasteiger partial charge in [0.05, 0.1) is 16.5 Å². The number of halogens is 3. The third-order valence-corrected chi connectivity index (χ3v) is 19.7. The number of rotatable bonds is 13. The summed E-state index contributed by atoms with van der Waals surface area (Å²) in [6.07, 6.45) is 7.99. The fourth-order valence-corrected chi connectivity index (χ4v) is 15.6. The lowest BCUT2D eigenvalue weighted by Crippen LogP contribution is -2.49. The summed E-state index contributed by atoms with van der Waals surface area (Å²) in [5.74, 6) is 3.08. The molecule has 5 aromatic rings. The summed E-state index contributed by atoms with van der Waals surface area (Å²) in [6.45, 7) is 15.3. The van der Waals surface area contributed by atoms with Crippen LogP contribution in [0, 0.1) is 23.1 Å². The standard InChI is InChI=1S/C47H55F3N6O3Si/c1-29(2)60(30(3)4,31(5)6)20-14-37-40(49)10-9-33-22-36(59-28-57-7)23-38(41(33)37)43-42(50)44-39(45(53-43)56-19-13-35(56)21-32-11-16-51-17-12-32)25-52-46(54-44)58-27-47-15-8-18-55(47)26-34(48)24-47/h9-12,16-17,22-23,25,29-31,34-35H,8,13,15,18-19,21,24,26-28H2,1-7H3/t34-,35?,47+/m1/s1. The maximum atomic E-state index is 17.7. The maximum Gasteiger partial charge on any atom is 0.317 e. The van der Waals surface area contributed by atoms with Crippen LogP contribution in [0.1, 0.15) is 78.4 Å². The third kappa shape index (κ3) is 7.60. The molecule has 1 unspecified atom stereocenters. The SMILES string of the molecule is COCOc1cc(-c2nc(N3CCC3Cc3ccncc3)c3cnc(OC[C@@]45CCCN4C[C@H](F)C5)nc3c2F)c2c(C#C[Si](C(C)C)(C(C)C)C(C)C)c(F)ccc2c1. The van der Waals surface area contributed by atoms with Crippen LogP contribution in [0.25, 0.3) is 32.9 Å². The van der Waals surface area contributed by atoms with Crippen LogP contribution in [0.3, 0.4) is 0 Å². The molecule has 13 heteroatoms. The summed E-state index contributed by atoms with van der Waals surface area (Å²) in [5.41, 5.74) is 5.85. The quantitative estimate of drug-likeness (QED) is 0.0654. The minimum Gasteiger partial charge on any atom is -0.468 e. The van der Waals surface area contributed by atoms with Crippen molar-refractivity contribution in [2.45, 2.75) is 108 Å². The Morgan fingerprint density at radius 2 is 1.73 bits per heavy atom. The second-order valence-electron chi connectivity index (χ2n) is 17.8. The molecule has 60 heavy (non-hydrogen) atoms. The van der Waals surface area contributed by atoms with Crippen LogP contribution in [0.4, 0.5) is 19.0 Å². The Kier molecular flexibility index (Phi) is 11.8. The van der Waals surface area contributed by atoms with Crippen molar-refractivity contribution in [1.29, 1.82) is 0 Å². The van der Waals surface area contributed by atoms with Gasteiger partial charge in [-0.25, -0.2) is 23.1 Å². The molecule has 0 saturated carbocycles. The van der Waals surface area contributed by atoms with Gasteiger partial charge in [0, 0.05) is 62.2 Å². The highest BCUT2D eigenvalue weighted by Gasteiger charge is 2.49. The first-order valence-corrected chi connectivity index (χ1v) is 23.5. The Labute approximate surface area is 352 Å². The molecule has 3 aliphatic rings. The maximum absolute atomic E-state index is 17.7. The van der Waals surface area contributed by atoms with Crippen LogP contribution >= 0.6 is 0 Å². The molecule has 9 nitrogen and oxygen atoms in total. The number of anilines is 1. The summed E-state index contributed by atoms with van der Waals surface area (Å²) < 4.78 is 66.3. The summed E-state index contributed by atoms with van der Waals surface area (Å²) in [5, 5.41) is 1.48. The molecule has 0 aliphatic carbocycles. The van der Waals surface area contributed by atoms with Crippen molar-refractivity contribution in [3.63, 3.8) is 0 Å². The molecule has 3 aliphatic heterocycles. The molecule has 2 aromatic carbocycles. The fraction of sp³-hybridized carbons (Fsp3) is 0.489. The molecule has 3 saturated heterocycles. The van der Waals surface area contributed by atoms with Gasteiger partial charge < -0.3 is 19.1 Å². The Morgan fingerprint density at radius 1 is 0.967 bits per heavy atom. The number of aromatic nitrogens is 4. The minimum absolute atomic E-state index is 0.00182. The zero-order chi connectivity index (χ0) is 42.3. The summed E-state index contributed by atoms with van der Waals surface area (Å²) in [7, 11) is -0.790. The van der Waals surface area contributed by atoms with Crippen molar-refractivity contribution in [2.75, 3.05) is 45.0 Å². The molecule has 0 amide bonds. The monoisotopic (exact) mass is 836 g/mol. The number of methoxy groups -OCH3 is 1. The van der Waals surface area contributed by atoms with E-state index in [2.05, 4.69) is 72.8 Å². The van der Waals surface area contributed by atoms with Crippen LogP contribution < -0.4 is 14.4 Å². The zero-order valence-electron chi connectivity index (χ0n) is 35.7. The van der Waals surface area contributed by atoms with Gasteiger partial charge in [-0.3, -0.25) is 9.88 Å². The van der Waals surface area contributed by atoms with E-state index in [1.54, 1.807) is 36.8 Å². The zero-order valence-corrected chi connectivity index (χ0v) is 36.7. The normalized spacial score (nSPS) is 20.6. The largest absolute Gasteiger partial charge is 0.468 e. The van der Waals surface area contributed by atoms with Gasteiger partial charge in [0.1, 0.15) is 49.4 Å². The molecular weight excluding hydrogens is 782 g/mol. The fourth-order valence-electron chi connectivity index (χ4n) is 10.4. The molecule has 316 valence electrons. The van der Waals surface area contributed by atoms with Gasteiger partial charge in [0.25, 0.3) is 0 Å². The van der Waals surface area contributed by atoms with E-state index in [4.69, 9.17) is 24.2 Å². The first-order chi connectivity index (χ1) is 28.8. The lowest BCUT2D eigenvalue weighted by Gasteiger charge is -2.42. The van der Waals surface area contributed by atoms with Gasteiger partial charge in [-0.1, -0.05) is 53.5 Å². The van der Waals surface area contributed by atoms with Gasteiger partial charge >= 0.3 is 6.01 Å². The molecule has 6 heterocycles. The first-order valence-electron chi connectivity index (χ1n) is 21.3. The molecule has 3 aromatic heterocycles. The number of nitrogens with zero attached hydrogens (tertiary/aromatic N) is 6. The summed E-state index contributed by atoms with van der Waals surface area (Å²) >= 11 is 0. The van der Waals surface area contributed by atoms with Gasteiger partial charge in [0.15, 0.2) is 12.6 Å². The number of hydrogen-bond acceptors (Lipinski definition) is 9. The summed E-state index contributed by atoms with van der Waals surface area (Å²) in [6, 6.07) is 10.6. The van der Waals surface area contributed by atoms with E-state index in [1.165, 1.54) is 13.2 Å². The number of hydrogen-bond donors (Lipinski definition) is 0. The van der Waals surface area contributed by atoms with Crippen molar-refractivity contribution >= 4 is 35.6 Å². The predicted octanol–water partition coefficient (Wildman–Crippen LogP) is 9.85. The van der Waals surface area contributed by atoms with Gasteiger partial charge in [0.2, 0.25) is 0 Å². The number of ether oxygens (including phenoxy) is 3. The Hall–Kier alpha value is -4.77. The lowest BCUT2D eigenvalue weighted by molar-refractivity contribution is 0.0512. The number of benzene rings is 2. The highest BCUT2D eigenvalue weighted by molar-refractivity contribution is 6.90. The average molecular weight is 837 g/mol. The minimum atomic E-state index is -2.31. The van der Waals surface area contributed by atoms with Crippen molar-refractivity contribution in [2.24, 2.45) is 0 Å². The summed E-state index contributed by atoms with van der Waals surface area (Å²) in [4.78, 5) is 23.0. The van der Waals surface area contributed by atoms with E-state index in [1.807, 2.05) is 12.1 Å². The van der Waals surface area contributed by atoms with Crippen LogP contribution in [0.2, 0.25) is 16.6 Å². The molecule has 3 fully saturated rings. The van der Waals surface area contributed by atoms with E-state index < -0.39 is 31.4 Å². The third-order valence-electron chi connectivity index (χ3n) is 13.4. The smallest absolute Gasteiger partial charge is 0.317 e. The van der Waals surface area contributed by atoms with Crippen molar-refractivity contribution in [3.05, 3.63) is 77.8 Å². The Balaban J connectivity index is 1.33. The Bertz CT molecular complexity index is 2420. The topological polar surface area (TPSA) is 85.7 Å². The lowest BCUT2D eigenvalue weighted by atomic mass is 9.94. The van der Waals surface area contributed by atoms with Gasteiger partial charge in [-0.15, -0.1) is 5.54 Å².